The van der Waals surface area contributed by atoms with Crippen molar-refractivity contribution in [3.8, 4) is 0 Å². The standard InChI is InChI=1S/C7H11OS/c1-4-6(5(2)3)7(8)9/h4H2,1-3H3. The van der Waals surface area contributed by atoms with Crippen molar-refractivity contribution in [1.29, 1.82) is 0 Å². The second-order valence-corrected chi connectivity index (χ2v) is 2.49. The molecule has 0 heterocycles. The normalized spacial score (nSPS) is 8.78. The summed E-state index contributed by atoms with van der Waals surface area (Å²) in [6.45, 7) is 5.75. The minimum absolute atomic E-state index is 0.211. The summed E-state index contributed by atoms with van der Waals surface area (Å²) >= 11 is 4.48. The van der Waals surface area contributed by atoms with Crippen LogP contribution in [0.4, 0.5) is 0 Å². The van der Waals surface area contributed by atoms with Crippen LogP contribution in [0.5, 0.6) is 0 Å². The summed E-state index contributed by atoms with van der Waals surface area (Å²) in [5.41, 5.74) is 1.82. The zero-order chi connectivity index (χ0) is 7.44. The highest BCUT2D eigenvalue weighted by Crippen LogP contribution is 2.10. The van der Waals surface area contributed by atoms with E-state index in [0.29, 0.717) is 0 Å². The average Bonchev–Trinajstić information content (AvgIpc) is 1.64. The number of rotatable bonds is 2. The van der Waals surface area contributed by atoms with Gasteiger partial charge in [-0.15, -0.1) is 0 Å². The molecule has 0 aliphatic rings. The number of carbonyl (C=O) groups excluding carboxylic acids is 1. The molecule has 0 saturated heterocycles. The van der Waals surface area contributed by atoms with Gasteiger partial charge in [0, 0.05) is 5.57 Å². The van der Waals surface area contributed by atoms with Crippen LogP contribution in [0.3, 0.4) is 0 Å². The van der Waals surface area contributed by atoms with Gasteiger partial charge in [-0.05, 0) is 32.9 Å². The Bertz CT molecular complexity index is 143. The molecular weight excluding hydrogens is 132 g/mol. The van der Waals surface area contributed by atoms with Crippen LogP contribution in [0, 0.1) is 0 Å². The van der Waals surface area contributed by atoms with Crippen molar-refractivity contribution in [2.24, 2.45) is 0 Å². The van der Waals surface area contributed by atoms with Gasteiger partial charge in [0.05, 0.1) is 0 Å². The highest BCUT2D eigenvalue weighted by molar-refractivity contribution is 7.97. The maximum absolute atomic E-state index is 10.6. The number of allylic oxidation sites excluding steroid dienone is 1. The van der Waals surface area contributed by atoms with E-state index in [9.17, 15) is 4.79 Å². The molecule has 0 saturated carbocycles. The Balaban J connectivity index is 4.35. The lowest BCUT2D eigenvalue weighted by Gasteiger charge is -1.97. The van der Waals surface area contributed by atoms with E-state index >= 15 is 0 Å². The zero-order valence-electron chi connectivity index (χ0n) is 6.02. The van der Waals surface area contributed by atoms with E-state index < -0.39 is 0 Å². The van der Waals surface area contributed by atoms with Gasteiger partial charge in [-0.3, -0.25) is 4.79 Å². The molecule has 9 heavy (non-hydrogen) atoms. The third kappa shape index (κ3) is 2.61. The molecule has 0 aromatic heterocycles. The van der Waals surface area contributed by atoms with Gasteiger partial charge in [0.25, 0.3) is 0 Å². The quantitative estimate of drug-likeness (QED) is 0.543. The Kier molecular flexibility index (Phi) is 3.47. The van der Waals surface area contributed by atoms with Crippen molar-refractivity contribution in [2.75, 3.05) is 0 Å². The highest BCUT2D eigenvalue weighted by Gasteiger charge is 2.03. The monoisotopic (exact) mass is 143 g/mol. The summed E-state index contributed by atoms with van der Waals surface area (Å²) in [4.78, 5) is 10.6. The Morgan fingerprint density at radius 2 is 1.89 bits per heavy atom. The van der Waals surface area contributed by atoms with E-state index in [1.165, 1.54) is 0 Å². The van der Waals surface area contributed by atoms with E-state index in [4.69, 9.17) is 0 Å². The fraction of sp³-hybridized carbons (Fsp3) is 0.571. The summed E-state index contributed by atoms with van der Waals surface area (Å²) < 4.78 is 0. The minimum atomic E-state index is -0.211. The maximum atomic E-state index is 10.6. The molecule has 0 atom stereocenters. The first-order valence-corrected chi connectivity index (χ1v) is 3.38. The van der Waals surface area contributed by atoms with Gasteiger partial charge >= 0.3 is 0 Å². The third-order valence-electron chi connectivity index (χ3n) is 1.20. The van der Waals surface area contributed by atoms with Gasteiger partial charge in [0.15, 0.2) is 0 Å². The molecule has 0 aromatic rings. The third-order valence-corrected chi connectivity index (χ3v) is 1.45. The van der Waals surface area contributed by atoms with Gasteiger partial charge < -0.3 is 0 Å². The Morgan fingerprint density at radius 1 is 1.44 bits per heavy atom. The highest BCUT2D eigenvalue weighted by atomic mass is 32.1. The van der Waals surface area contributed by atoms with E-state index in [2.05, 4.69) is 12.6 Å². The summed E-state index contributed by atoms with van der Waals surface area (Å²) in [6, 6.07) is 0. The first-order chi connectivity index (χ1) is 4.09. The summed E-state index contributed by atoms with van der Waals surface area (Å²) in [5, 5.41) is -0.211. The molecule has 0 bridgehead atoms. The molecular formula is C7H11OS. The largest absolute Gasteiger partial charge is 0.277 e. The molecule has 0 amide bonds. The molecule has 0 N–H and O–H groups in total. The first kappa shape index (κ1) is 8.63. The second kappa shape index (κ2) is 3.62. The van der Waals surface area contributed by atoms with Crippen molar-refractivity contribution in [2.45, 2.75) is 27.2 Å². The Hall–Kier alpha value is -0.370. The van der Waals surface area contributed by atoms with Crippen molar-refractivity contribution in [1.82, 2.24) is 0 Å². The summed E-state index contributed by atoms with van der Waals surface area (Å²) in [5.74, 6) is 0. The molecule has 0 fully saturated rings. The van der Waals surface area contributed by atoms with Crippen molar-refractivity contribution in [3.05, 3.63) is 11.1 Å². The van der Waals surface area contributed by atoms with Gasteiger partial charge in [-0.1, -0.05) is 12.5 Å². The minimum Gasteiger partial charge on any atom is -0.277 e. The van der Waals surface area contributed by atoms with Crippen molar-refractivity contribution >= 4 is 17.7 Å². The fourth-order valence-electron chi connectivity index (χ4n) is 0.702. The molecule has 0 unspecified atom stereocenters. The predicted molar refractivity (Wildman–Crippen MR) is 41.3 cm³/mol. The van der Waals surface area contributed by atoms with Crippen LogP contribution in [-0.4, -0.2) is 5.12 Å². The zero-order valence-corrected chi connectivity index (χ0v) is 6.84. The van der Waals surface area contributed by atoms with Crippen LogP contribution >= 0.6 is 12.6 Å². The first-order valence-electron chi connectivity index (χ1n) is 2.97. The fourth-order valence-corrected chi connectivity index (χ4v) is 1.05. The van der Waals surface area contributed by atoms with Gasteiger partial charge in [0.1, 0.15) is 0 Å². The molecule has 0 rings (SSSR count). The average molecular weight is 143 g/mol. The van der Waals surface area contributed by atoms with E-state index in [-0.39, 0.29) is 5.12 Å². The van der Waals surface area contributed by atoms with E-state index in [1.807, 2.05) is 20.8 Å². The smallest absolute Gasteiger partial charge is 0.245 e. The molecule has 0 aliphatic heterocycles. The van der Waals surface area contributed by atoms with Gasteiger partial charge in [-0.2, -0.15) is 0 Å². The van der Waals surface area contributed by atoms with Crippen molar-refractivity contribution < 1.29 is 4.79 Å². The van der Waals surface area contributed by atoms with Crippen LogP contribution in [-0.2, 0) is 4.79 Å². The Labute approximate surface area is 61.6 Å². The van der Waals surface area contributed by atoms with E-state index in [1.54, 1.807) is 0 Å². The van der Waals surface area contributed by atoms with Gasteiger partial charge in [0.2, 0.25) is 5.12 Å². The Morgan fingerprint density at radius 3 is 1.89 bits per heavy atom. The van der Waals surface area contributed by atoms with Crippen LogP contribution in [0.15, 0.2) is 11.1 Å². The predicted octanol–water partition coefficient (Wildman–Crippen LogP) is 2.46. The molecule has 0 spiro atoms. The molecule has 0 aromatic carbocycles. The molecule has 1 nitrogen and oxygen atoms in total. The molecule has 0 aliphatic carbocycles. The number of hydrogen-bond donors (Lipinski definition) is 0. The summed E-state index contributed by atoms with van der Waals surface area (Å²) in [6.07, 6.45) is 0.755. The number of carbonyl (C=O) groups is 1. The lowest BCUT2D eigenvalue weighted by atomic mass is 10.1. The SMILES string of the molecule is CCC(C(=O)[S])=C(C)C. The number of hydrogen-bond acceptors (Lipinski definition) is 1. The van der Waals surface area contributed by atoms with Gasteiger partial charge in [-0.25, -0.2) is 0 Å². The van der Waals surface area contributed by atoms with Crippen LogP contribution in [0.1, 0.15) is 27.2 Å². The maximum Gasteiger partial charge on any atom is 0.245 e. The lowest BCUT2D eigenvalue weighted by molar-refractivity contribution is -0.107. The van der Waals surface area contributed by atoms with Crippen molar-refractivity contribution in [3.63, 3.8) is 0 Å². The van der Waals surface area contributed by atoms with E-state index in [0.717, 1.165) is 17.6 Å². The van der Waals surface area contributed by atoms with Crippen LogP contribution in [0.2, 0.25) is 0 Å². The second-order valence-electron chi connectivity index (χ2n) is 2.12. The topological polar surface area (TPSA) is 17.1 Å². The lowest BCUT2D eigenvalue weighted by Crippen LogP contribution is -1.93. The van der Waals surface area contributed by atoms with Crippen LogP contribution in [0.25, 0.3) is 0 Å². The van der Waals surface area contributed by atoms with Crippen LogP contribution < -0.4 is 0 Å². The molecule has 2 heteroatoms. The molecule has 1 radical (unpaired) electrons. The summed E-state index contributed by atoms with van der Waals surface area (Å²) in [7, 11) is 0. The molecule has 51 valence electrons.